The first-order valence-corrected chi connectivity index (χ1v) is 6.64. The van der Waals surface area contributed by atoms with Gasteiger partial charge in [-0.1, -0.05) is 36.9 Å². The van der Waals surface area contributed by atoms with Gasteiger partial charge in [0.1, 0.15) is 16.5 Å². The van der Waals surface area contributed by atoms with Gasteiger partial charge >= 0.3 is 5.88 Å². The highest BCUT2D eigenvalue weighted by Gasteiger charge is 2.17. The fourth-order valence-electron chi connectivity index (χ4n) is 2.19. The van der Waals surface area contributed by atoms with Crippen molar-refractivity contribution in [3.05, 3.63) is 88.7 Å². The number of nitrogens with zero attached hydrogens (tertiary/aromatic N) is 3. The van der Waals surface area contributed by atoms with E-state index in [4.69, 9.17) is 4.42 Å². The standard InChI is InChI=1S/C16H13N3O3/c1-12(14-7-8-15(22-14)19(20)21)16-17-9-10-18(16)11-13-5-3-2-4-6-13/h2-10H,1,11H2. The topological polar surface area (TPSA) is 74.1 Å². The van der Waals surface area contributed by atoms with Crippen molar-refractivity contribution in [2.75, 3.05) is 0 Å². The maximum absolute atomic E-state index is 10.7. The number of benzene rings is 1. The first-order chi connectivity index (χ1) is 10.6. The predicted molar refractivity (Wildman–Crippen MR) is 81.3 cm³/mol. The molecule has 1 aromatic carbocycles. The number of imidazole rings is 1. The Bertz CT molecular complexity index is 818. The van der Waals surface area contributed by atoms with Crippen LogP contribution in [0.2, 0.25) is 0 Å². The molecule has 22 heavy (non-hydrogen) atoms. The number of furan rings is 1. The smallest absolute Gasteiger partial charge is 0.401 e. The predicted octanol–water partition coefficient (Wildman–Crippen LogP) is 3.49. The van der Waals surface area contributed by atoms with E-state index in [2.05, 4.69) is 11.6 Å². The summed E-state index contributed by atoms with van der Waals surface area (Å²) in [5.41, 5.74) is 1.63. The second kappa shape index (κ2) is 5.69. The third kappa shape index (κ3) is 2.67. The average molecular weight is 295 g/mol. The minimum absolute atomic E-state index is 0.308. The Morgan fingerprint density at radius 2 is 2.05 bits per heavy atom. The third-order valence-electron chi connectivity index (χ3n) is 3.25. The van der Waals surface area contributed by atoms with Gasteiger partial charge in [0.2, 0.25) is 0 Å². The molecule has 0 aliphatic carbocycles. The van der Waals surface area contributed by atoms with Crippen molar-refractivity contribution < 1.29 is 9.34 Å². The Balaban J connectivity index is 1.87. The summed E-state index contributed by atoms with van der Waals surface area (Å²) in [6.45, 7) is 4.58. The quantitative estimate of drug-likeness (QED) is 0.533. The van der Waals surface area contributed by atoms with Crippen LogP contribution in [0.5, 0.6) is 0 Å². The van der Waals surface area contributed by atoms with E-state index in [1.807, 2.05) is 41.1 Å². The molecule has 0 unspecified atom stereocenters. The maximum atomic E-state index is 10.7. The minimum Gasteiger partial charge on any atom is -0.401 e. The van der Waals surface area contributed by atoms with Gasteiger partial charge in [0.25, 0.3) is 0 Å². The molecule has 0 saturated heterocycles. The molecule has 0 atom stereocenters. The van der Waals surface area contributed by atoms with Crippen molar-refractivity contribution in [3.63, 3.8) is 0 Å². The van der Waals surface area contributed by atoms with E-state index in [-0.39, 0.29) is 5.88 Å². The lowest BCUT2D eigenvalue weighted by molar-refractivity contribution is -0.402. The summed E-state index contributed by atoms with van der Waals surface area (Å²) in [7, 11) is 0. The van der Waals surface area contributed by atoms with Gasteiger partial charge in [-0.05, 0) is 11.6 Å². The van der Waals surface area contributed by atoms with Gasteiger partial charge in [0.05, 0.1) is 11.6 Å². The average Bonchev–Trinajstić information content (AvgIpc) is 3.17. The normalized spacial score (nSPS) is 10.5. The van der Waals surface area contributed by atoms with Crippen LogP contribution >= 0.6 is 0 Å². The van der Waals surface area contributed by atoms with Gasteiger partial charge in [-0.25, -0.2) is 4.98 Å². The van der Waals surface area contributed by atoms with Crippen LogP contribution in [0, 0.1) is 10.1 Å². The van der Waals surface area contributed by atoms with E-state index in [9.17, 15) is 10.1 Å². The van der Waals surface area contributed by atoms with Crippen LogP contribution in [0.25, 0.3) is 5.57 Å². The van der Waals surface area contributed by atoms with Gasteiger partial charge in [-0.2, -0.15) is 0 Å². The molecule has 0 radical (unpaired) electrons. The second-order valence-corrected chi connectivity index (χ2v) is 4.74. The molecule has 6 nitrogen and oxygen atoms in total. The summed E-state index contributed by atoms with van der Waals surface area (Å²) in [5.74, 6) is 0.651. The van der Waals surface area contributed by atoms with E-state index < -0.39 is 4.92 Å². The molecule has 2 heterocycles. The molecule has 110 valence electrons. The summed E-state index contributed by atoms with van der Waals surface area (Å²) in [6, 6.07) is 12.8. The first kappa shape index (κ1) is 13.8. The Kier molecular flexibility index (Phi) is 3.57. The zero-order valence-corrected chi connectivity index (χ0v) is 11.7. The number of rotatable bonds is 5. The van der Waals surface area contributed by atoms with Gasteiger partial charge in [0, 0.05) is 18.9 Å². The molecule has 0 aliphatic heterocycles. The number of aromatic nitrogens is 2. The van der Waals surface area contributed by atoms with Crippen LogP contribution in [0.1, 0.15) is 17.1 Å². The molecule has 0 saturated carbocycles. The number of hydrogen-bond acceptors (Lipinski definition) is 4. The van der Waals surface area contributed by atoms with Crippen LogP contribution in [0.15, 0.2) is 65.9 Å². The highest BCUT2D eigenvalue weighted by Crippen LogP contribution is 2.26. The Labute approximate surface area is 126 Å². The first-order valence-electron chi connectivity index (χ1n) is 6.64. The molecule has 6 heteroatoms. The van der Waals surface area contributed by atoms with Gasteiger partial charge in [-0.3, -0.25) is 10.1 Å². The highest BCUT2D eigenvalue weighted by atomic mass is 16.6. The largest absolute Gasteiger partial charge is 0.433 e. The lowest BCUT2D eigenvalue weighted by Crippen LogP contribution is -2.03. The maximum Gasteiger partial charge on any atom is 0.433 e. The van der Waals surface area contributed by atoms with Crippen LogP contribution in [-0.2, 0) is 6.54 Å². The van der Waals surface area contributed by atoms with E-state index in [0.29, 0.717) is 23.7 Å². The zero-order valence-electron chi connectivity index (χ0n) is 11.7. The van der Waals surface area contributed by atoms with Crippen molar-refractivity contribution in [2.24, 2.45) is 0 Å². The van der Waals surface area contributed by atoms with Crippen LogP contribution in [0.3, 0.4) is 0 Å². The van der Waals surface area contributed by atoms with Gasteiger partial charge in [0.15, 0.2) is 0 Å². The Hall–Kier alpha value is -3.15. The van der Waals surface area contributed by atoms with E-state index in [0.717, 1.165) is 5.56 Å². The van der Waals surface area contributed by atoms with E-state index >= 15 is 0 Å². The molecule has 0 N–H and O–H groups in total. The van der Waals surface area contributed by atoms with Crippen molar-refractivity contribution in [2.45, 2.75) is 6.54 Å². The summed E-state index contributed by atoms with van der Waals surface area (Å²) in [4.78, 5) is 14.4. The van der Waals surface area contributed by atoms with Crippen LogP contribution < -0.4 is 0 Å². The molecule has 2 aromatic heterocycles. The lowest BCUT2D eigenvalue weighted by atomic mass is 10.2. The van der Waals surface area contributed by atoms with Crippen molar-refractivity contribution in [1.82, 2.24) is 9.55 Å². The molecule has 0 spiro atoms. The molecule has 0 aliphatic rings. The van der Waals surface area contributed by atoms with E-state index in [1.54, 1.807) is 6.20 Å². The highest BCUT2D eigenvalue weighted by molar-refractivity contribution is 5.71. The molecule has 0 amide bonds. The van der Waals surface area contributed by atoms with Crippen LogP contribution in [0.4, 0.5) is 5.88 Å². The zero-order chi connectivity index (χ0) is 15.5. The summed E-state index contributed by atoms with van der Waals surface area (Å²) in [6.07, 6.45) is 3.51. The number of hydrogen-bond donors (Lipinski definition) is 0. The molecule has 3 rings (SSSR count). The van der Waals surface area contributed by atoms with Crippen molar-refractivity contribution >= 4 is 11.5 Å². The third-order valence-corrected chi connectivity index (χ3v) is 3.25. The Morgan fingerprint density at radius 1 is 1.27 bits per heavy atom. The minimum atomic E-state index is -0.576. The monoisotopic (exact) mass is 295 g/mol. The van der Waals surface area contributed by atoms with Crippen molar-refractivity contribution in [3.8, 4) is 0 Å². The molecular formula is C16H13N3O3. The molecule has 0 bridgehead atoms. The molecular weight excluding hydrogens is 282 g/mol. The lowest BCUT2D eigenvalue weighted by Gasteiger charge is -2.08. The SMILES string of the molecule is C=C(c1ccc([N+](=O)[O-])o1)c1nccn1Cc1ccccc1. The fourth-order valence-corrected chi connectivity index (χ4v) is 2.19. The summed E-state index contributed by atoms with van der Waals surface area (Å²) in [5, 5.41) is 10.7. The fraction of sp³-hybridized carbons (Fsp3) is 0.0625. The van der Waals surface area contributed by atoms with Crippen molar-refractivity contribution in [1.29, 1.82) is 0 Å². The molecule has 0 fully saturated rings. The van der Waals surface area contributed by atoms with Gasteiger partial charge in [-0.15, -0.1) is 0 Å². The number of nitro groups is 1. The van der Waals surface area contributed by atoms with Gasteiger partial charge < -0.3 is 8.98 Å². The van der Waals surface area contributed by atoms with E-state index in [1.165, 1.54) is 12.1 Å². The second-order valence-electron chi connectivity index (χ2n) is 4.74. The molecule has 3 aromatic rings. The summed E-state index contributed by atoms with van der Waals surface area (Å²) < 4.78 is 7.11. The summed E-state index contributed by atoms with van der Waals surface area (Å²) >= 11 is 0. The van der Waals surface area contributed by atoms with Crippen LogP contribution in [-0.4, -0.2) is 14.5 Å². The Morgan fingerprint density at radius 3 is 2.73 bits per heavy atom.